The minimum atomic E-state index is -0.352. The number of amides is 1. The summed E-state index contributed by atoms with van der Waals surface area (Å²) >= 11 is 3.46. The molecule has 1 amide bonds. The summed E-state index contributed by atoms with van der Waals surface area (Å²) < 4.78 is 22.2. The van der Waals surface area contributed by atoms with E-state index in [0.29, 0.717) is 17.3 Å². The highest BCUT2D eigenvalue weighted by Crippen LogP contribution is 2.36. The van der Waals surface area contributed by atoms with Crippen LogP contribution in [0.1, 0.15) is 23.6 Å². The molecule has 26 heavy (non-hydrogen) atoms. The Kier molecular flexibility index (Phi) is 4.42. The van der Waals surface area contributed by atoms with Crippen LogP contribution >= 0.6 is 15.9 Å². The van der Waals surface area contributed by atoms with Gasteiger partial charge in [0.2, 0.25) is 11.9 Å². The summed E-state index contributed by atoms with van der Waals surface area (Å²) in [4.78, 5) is 16.1. The number of carbonyl (C=O) groups excluding carboxylic acids is 1. The Hall–Kier alpha value is -2.74. The minimum absolute atomic E-state index is 0.0877. The monoisotopic (exact) mass is 416 g/mol. The third kappa shape index (κ3) is 3.20. The van der Waals surface area contributed by atoms with Crippen molar-refractivity contribution in [1.29, 1.82) is 0 Å². The lowest BCUT2D eigenvalue weighted by Gasteiger charge is -2.25. The van der Waals surface area contributed by atoms with E-state index < -0.39 is 0 Å². The Bertz CT molecular complexity index is 975. The molecule has 0 spiro atoms. The predicted molar refractivity (Wildman–Crippen MR) is 96.3 cm³/mol. The number of ether oxygens (including phenoxy) is 1. The molecule has 2 heterocycles. The van der Waals surface area contributed by atoms with Gasteiger partial charge in [-0.15, -0.1) is 0 Å². The zero-order chi connectivity index (χ0) is 18.1. The first-order valence-corrected chi connectivity index (χ1v) is 8.76. The first kappa shape index (κ1) is 16.7. The first-order valence-electron chi connectivity index (χ1n) is 7.97. The van der Waals surface area contributed by atoms with Gasteiger partial charge < -0.3 is 4.74 Å². The van der Waals surface area contributed by atoms with Crippen molar-refractivity contribution in [2.24, 2.45) is 0 Å². The van der Waals surface area contributed by atoms with Gasteiger partial charge in [0.15, 0.2) is 0 Å². The van der Waals surface area contributed by atoms with Crippen LogP contribution in [0.4, 0.5) is 10.3 Å². The fourth-order valence-corrected chi connectivity index (χ4v) is 3.31. The molecule has 1 atom stereocenters. The smallest absolute Gasteiger partial charge is 0.229 e. The Labute approximate surface area is 157 Å². The number of aromatic nitrogens is 3. The van der Waals surface area contributed by atoms with E-state index in [0.717, 1.165) is 10.0 Å². The molecule has 6 nitrogen and oxygen atoms in total. The Morgan fingerprint density at radius 3 is 3.00 bits per heavy atom. The Balaban J connectivity index is 1.68. The Morgan fingerprint density at radius 1 is 1.31 bits per heavy atom. The van der Waals surface area contributed by atoms with Crippen molar-refractivity contribution in [2.45, 2.75) is 19.1 Å². The molecule has 0 fully saturated rings. The van der Waals surface area contributed by atoms with E-state index in [9.17, 15) is 9.18 Å². The fraction of sp³-hybridized carbons (Fsp3) is 0.167. The van der Waals surface area contributed by atoms with Crippen LogP contribution in [0.3, 0.4) is 0 Å². The molecule has 1 aliphatic rings. The van der Waals surface area contributed by atoms with Crippen LogP contribution in [0.25, 0.3) is 0 Å². The molecular weight excluding hydrogens is 403 g/mol. The molecule has 2 aromatic carbocycles. The van der Waals surface area contributed by atoms with E-state index in [4.69, 9.17) is 4.74 Å². The molecule has 0 aliphatic carbocycles. The average Bonchev–Trinajstić information content (AvgIpc) is 3.09. The second-order valence-electron chi connectivity index (χ2n) is 5.86. The number of hydrogen-bond donors (Lipinski definition) is 1. The van der Waals surface area contributed by atoms with E-state index >= 15 is 0 Å². The summed E-state index contributed by atoms with van der Waals surface area (Å²) in [6.45, 7) is 0.0877. The van der Waals surface area contributed by atoms with Crippen molar-refractivity contribution >= 4 is 27.8 Å². The highest BCUT2D eigenvalue weighted by molar-refractivity contribution is 9.10. The molecule has 0 saturated heterocycles. The number of nitrogens with one attached hydrogen (secondary N) is 1. The largest absolute Gasteiger partial charge is 0.488 e. The van der Waals surface area contributed by atoms with Crippen molar-refractivity contribution in [3.05, 3.63) is 70.2 Å². The van der Waals surface area contributed by atoms with Crippen LogP contribution < -0.4 is 10.1 Å². The number of halogens is 2. The molecule has 1 aliphatic heterocycles. The summed E-state index contributed by atoms with van der Waals surface area (Å²) in [5.74, 6) is 0.501. The van der Waals surface area contributed by atoms with Crippen LogP contribution in [0, 0.1) is 5.82 Å². The van der Waals surface area contributed by atoms with Gasteiger partial charge in [-0.2, -0.15) is 10.1 Å². The lowest BCUT2D eigenvalue weighted by molar-refractivity contribution is -0.117. The van der Waals surface area contributed by atoms with Crippen molar-refractivity contribution in [3.8, 4) is 5.75 Å². The lowest BCUT2D eigenvalue weighted by atomic mass is 10.0. The average molecular weight is 417 g/mol. The molecule has 0 saturated carbocycles. The zero-order valence-corrected chi connectivity index (χ0v) is 15.1. The van der Waals surface area contributed by atoms with Crippen LogP contribution in [0.5, 0.6) is 5.75 Å². The third-order valence-electron chi connectivity index (χ3n) is 4.17. The standard InChI is InChI=1S/C18H14BrFN4O2/c19-12-5-6-16(26-9-11-3-1-2-4-14(11)20)13(7-12)15-8-17(25)23-18-21-10-22-24(15)18/h1-7,10,15H,8-9H2,(H,21,22,23,25). The van der Waals surface area contributed by atoms with Crippen LogP contribution in [-0.2, 0) is 11.4 Å². The van der Waals surface area contributed by atoms with Gasteiger partial charge in [-0.1, -0.05) is 34.1 Å². The van der Waals surface area contributed by atoms with Gasteiger partial charge in [-0.3, -0.25) is 10.1 Å². The van der Waals surface area contributed by atoms with Gasteiger partial charge in [0, 0.05) is 15.6 Å². The maximum Gasteiger partial charge on any atom is 0.229 e. The number of nitrogens with zero attached hydrogens (tertiary/aromatic N) is 3. The SMILES string of the molecule is O=C1CC(c2cc(Br)ccc2OCc2ccccc2F)n2ncnc2N1. The van der Waals surface area contributed by atoms with E-state index in [1.807, 2.05) is 12.1 Å². The van der Waals surface area contributed by atoms with Gasteiger partial charge >= 0.3 is 0 Å². The minimum Gasteiger partial charge on any atom is -0.488 e. The van der Waals surface area contributed by atoms with Gasteiger partial charge in [0.05, 0.1) is 12.5 Å². The zero-order valence-electron chi connectivity index (χ0n) is 13.5. The van der Waals surface area contributed by atoms with E-state index in [-0.39, 0.29) is 30.8 Å². The molecule has 3 aromatic rings. The molecule has 0 radical (unpaired) electrons. The number of hydrogen-bond acceptors (Lipinski definition) is 4. The van der Waals surface area contributed by atoms with Gasteiger partial charge in [-0.05, 0) is 24.3 Å². The van der Waals surface area contributed by atoms with Crippen molar-refractivity contribution < 1.29 is 13.9 Å². The maximum absolute atomic E-state index is 13.9. The van der Waals surface area contributed by atoms with Crippen LogP contribution in [0.2, 0.25) is 0 Å². The molecule has 8 heteroatoms. The van der Waals surface area contributed by atoms with Gasteiger partial charge in [0.25, 0.3) is 0 Å². The maximum atomic E-state index is 13.9. The Morgan fingerprint density at radius 2 is 2.15 bits per heavy atom. The first-order chi connectivity index (χ1) is 12.6. The van der Waals surface area contributed by atoms with E-state index in [1.54, 1.807) is 28.9 Å². The second kappa shape index (κ2) is 6.87. The summed E-state index contributed by atoms with van der Waals surface area (Å²) in [6, 6.07) is 11.6. The number of rotatable bonds is 4. The number of fused-ring (bicyclic) bond motifs is 1. The number of carbonyl (C=O) groups is 1. The topological polar surface area (TPSA) is 69.0 Å². The van der Waals surface area contributed by atoms with Crippen molar-refractivity contribution in [1.82, 2.24) is 14.8 Å². The highest BCUT2D eigenvalue weighted by Gasteiger charge is 2.30. The summed E-state index contributed by atoms with van der Waals surface area (Å²) in [5, 5.41) is 6.90. The predicted octanol–water partition coefficient (Wildman–Crippen LogP) is 3.69. The van der Waals surface area contributed by atoms with E-state index in [1.165, 1.54) is 12.4 Å². The number of benzene rings is 2. The van der Waals surface area contributed by atoms with Gasteiger partial charge in [0.1, 0.15) is 24.5 Å². The second-order valence-corrected chi connectivity index (χ2v) is 6.77. The molecule has 1 aromatic heterocycles. The molecule has 132 valence electrons. The summed E-state index contributed by atoms with van der Waals surface area (Å²) in [5.41, 5.74) is 1.24. The molecule has 0 bridgehead atoms. The van der Waals surface area contributed by atoms with Crippen molar-refractivity contribution in [3.63, 3.8) is 0 Å². The number of anilines is 1. The molecule has 4 rings (SSSR count). The van der Waals surface area contributed by atoms with E-state index in [2.05, 4.69) is 31.3 Å². The third-order valence-corrected chi connectivity index (χ3v) is 4.66. The molecule has 1 unspecified atom stereocenters. The summed E-state index contributed by atoms with van der Waals surface area (Å²) in [6.07, 6.45) is 1.61. The van der Waals surface area contributed by atoms with Crippen molar-refractivity contribution in [2.75, 3.05) is 5.32 Å². The quantitative estimate of drug-likeness (QED) is 0.703. The lowest BCUT2D eigenvalue weighted by Crippen LogP contribution is -2.29. The normalized spacial score (nSPS) is 16.1. The van der Waals surface area contributed by atoms with Crippen LogP contribution in [-0.4, -0.2) is 20.7 Å². The summed E-state index contributed by atoms with van der Waals surface area (Å²) in [7, 11) is 0. The van der Waals surface area contributed by atoms with Gasteiger partial charge in [-0.25, -0.2) is 9.07 Å². The highest BCUT2D eigenvalue weighted by atomic mass is 79.9. The molecular formula is C18H14BrFN4O2. The fourth-order valence-electron chi connectivity index (χ4n) is 2.93. The van der Waals surface area contributed by atoms with Crippen LogP contribution in [0.15, 0.2) is 53.3 Å². The molecule has 1 N–H and O–H groups in total.